The van der Waals surface area contributed by atoms with Gasteiger partial charge < -0.3 is 0 Å². The molecule has 2 heterocycles. The quantitative estimate of drug-likeness (QED) is 0.101. The average molecular weight is 1080 g/mol. The smallest absolute Gasteiger partial charge is 0.0904 e. The first-order chi connectivity index (χ1) is 43.0. The minimum atomic E-state index is -5.32. The van der Waals surface area contributed by atoms with Crippen LogP contribution < -0.4 is 72.6 Å². The van der Waals surface area contributed by atoms with E-state index in [4.69, 9.17) is 0 Å². The van der Waals surface area contributed by atoms with Crippen LogP contribution in [-0.2, 0) is 0 Å². The highest BCUT2D eigenvalue weighted by molar-refractivity contribution is 8.00. The Balaban J connectivity index is 1.19. The van der Waals surface area contributed by atoms with Crippen LogP contribution >= 0.6 is 23.5 Å². The van der Waals surface area contributed by atoms with Crippen LogP contribution in [0.4, 0.5) is 0 Å². The van der Waals surface area contributed by atoms with Crippen molar-refractivity contribution in [2.75, 3.05) is 0 Å². The molecule has 0 atom stereocenters. The maximum absolute atomic E-state index is 9.96. The highest BCUT2D eigenvalue weighted by Gasteiger charge is 2.49. The summed E-state index contributed by atoms with van der Waals surface area (Å²) in [6.45, 7) is -18.3. The second-order valence-electron chi connectivity index (χ2n) is 18.9. The van der Waals surface area contributed by atoms with E-state index >= 15 is 0 Å². The van der Waals surface area contributed by atoms with Gasteiger partial charge in [0.1, 0.15) is 24.2 Å². The molecule has 73 heavy (non-hydrogen) atoms. The van der Waals surface area contributed by atoms with Crippen molar-refractivity contribution in [1.82, 2.24) is 0 Å². The lowest BCUT2D eigenvalue weighted by Crippen LogP contribution is -2.77. The molecule has 0 radical (unpaired) electrons. The van der Waals surface area contributed by atoms with Crippen LogP contribution in [0, 0.1) is 0 Å². The molecule has 2 aliphatic heterocycles. The van der Waals surface area contributed by atoms with E-state index in [0.29, 0.717) is 40.3 Å². The Morgan fingerprint density at radius 2 is 0.603 bits per heavy atom. The molecule has 10 aromatic rings. The predicted octanol–water partition coefficient (Wildman–Crippen LogP) is 7.84. The molecular formula is C66H60S2Si5. The molecule has 0 N–H and O–H groups in total. The Morgan fingerprint density at radius 1 is 0.301 bits per heavy atom. The molecule has 0 aliphatic carbocycles. The molecule has 10 aromatic carbocycles. The van der Waals surface area contributed by atoms with Gasteiger partial charge in [-0.2, -0.15) is 0 Å². The van der Waals surface area contributed by atoms with Crippen LogP contribution in [0.25, 0.3) is 0 Å². The van der Waals surface area contributed by atoms with Gasteiger partial charge in [0.2, 0.25) is 0 Å². The summed E-state index contributed by atoms with van der Waals surface area (Å²) < 4.78 is 172. The van der Waals surface area contributed by atoms with Gasteiger partial charge in [0.25, 0.3) is 0 Å². The van der Waals surface area contributed by atoms with E-state index in [2.05, 4.69) is 0 Å². The average Bonchev–Trinajstić information content (AvgIpc) is 0.692. The molecule has 0 saturated carbocycles. The monoisotopic (exact) mass is 1070 g/mol. The minimum absolute atomic E-state index is 0.0736. The Labute approximate surface area is 472 Å². The van der Waals surface area contributed by atoms with Crippen molar-refractivity contribution in [2.24, 2.45) is 0 Å². The van der Waals surface area contributed by atoms with Crippen molar-refractivity contribution >= 4 is 137 Å². The van der Waals surface area contributed by atoms with Gasteiger partial charge in [-0.1, -0.05) is 315 Å². The largest absolute Gasteiger partial charge is 0.180 e. The fourth-order valence-electron chi connectivity index (χ4n) is 11.5. The van der Waals surface area contributed by atoms with Crippen molar-refractivity contribution in [2.45, 2.75) is 58.4 Å². The molecule has 0 unspecified atom stereocenters. The normalized spacial score (nSPS) is 19.2. The summed E-state index contributed by atoms with van der Waals surface area (Å²) in [5.41, 5.74) is 0. The van der Waals surface area contributed by atoms with Gasteiger partial charge in [-0.3, -0.25) is 0 Å². The summed E-state index contributed by atoms with van der Waals surface area (Å²) in [5, 5.41) is 6.79. The lowest BCUT2D eigenvalue weighted by molar-refractivity contribution is 1.42. The SMILES string of the molecule is [2H]C([2H])([2H])[Si](c1cccc([Si](c2ccccc2)(c2ccccc2)c2cccc3c2Sc2ccccc2[Si]3(C([2H])([2H])[2H])C([2H])([2H])[2H])c1)(c1cccc([Si](c2ccccc2)(c2ccccc2)c2cccc3c2Sc2ccccc2[Si]3(C([2H])([2H])[2H])C([2H])([2H])[2H])c1)C([2H])([2H])[2H]. The maximum atomic E-state index is 9.96. The topological polar surface area (TPSA) is 0 Å². The van der Waals surface area contributed by atoms with Crippen molar-refractivity contribution in [3.63, 3.8) is 0 Å². The molecule has 12 rings (SSSR count). The van der Waals surface area contributed by atoms with Crippen LogP contribution in [0.2, 0.25) is 38.9 Å². The Hall–Kier alpha value is -6.02. The highest BCUT2D eigenvalue weighted by atomic mass is 32.2. The number of benzene rings is 10. The fraction of sp³-hybridized carbons (Fsp3) is 0.0909. The number of hydrogen-bond acceptors (Lipinski definition) is 2. The van der Waals surface area contributed by atoms with E-state index in [1.807, 2.05) is 146 Å². The van der Waals surface area contributed by atoms with E-state index in [1.165, 1.54) is 23.5 Å². The minimum Gasteiger partial charge on any atom is -0.0904 e. The summed E-state index contributed by atoms with van der Waals surface area (Å²) in [7, 11) is -23.0. The fourth-order valence-corrected chi connectivity index (χ4v) is 32.9. The zero-order valence-electron chi connectivity index (χ0n) is 57.6. The Bertz CT molecular complexity index is 3980. The number of hydrogen-bond donors (Lipinski definition) is 0. The summed E-state index contributed by atoms with van der Waals surface area (Å²) in [6.07, 6.45) is 0. The zero-order chi connectivity index (χ0) is 65.0. The molecular weight excluding hydrogens is 997 g/mol. The van der Waals surface area contributed by atoms with Crippen LogP contribution in [-0.4, -0.2) is 40.4 Å². The van der Waals surface area contributed by atoms with Gasteiger partial charge >= 0.3 is 0 Å². The molecule has 0 amide bonds. The van der Waals surface area contributed by atoms with Gasteiger partial charge in [-0.05, 0) is 74.4 Å². The van der Waals surface area contributed by atoms with Crippen molar-refractivity contribution < 1.29 is 24.7 Å². The van der Waals surface area contributed by atoms with E-state index in [0.717, 1.165) is 20.7 Å². The van der Waals surface area contributed by atoms with Crippen LogP contribution in [0.1, 0.15) is 24.7 Å². The molecule has 356 valence electrons. The van der Waals surface area contributed by atoms with Crippen molar-refractivity contribution in [1.29, 1.82) is 0 Å². The molecule has 0 nitrogen and oxygen atoms in total. The summed E-state index contributed by atoms with van der Waals surface area (Å²) in [6, 6.07) is 76.8. The van der Waals surface area contributed by atoms with Crippen molar-refractivity contribution in [3.05, 3.63) is 255 Å². The molecule has 0 fully saturated rings. The molecule has 0 saturated heterocycles. The third-order valence-electron chi connectivity index (χ3n) is 14.9. The summed E-state index contributed by atoms with van der Waals surface area (Å²) in [4.78, 5) is 1.99. The lowest BCUT2D eigenvalue weighted by atomic mass is 10.3. The van der Waals surface area contributed by atoms with Crippen LogP contribution in [0.3, 0.4) is 0 Å². The first-order valence-electron chi connectivity index (χ1n) is 33.2. The second kappa shape index (κ2) is 18.7. The van der Waals surface area contributed by atoms with E-state index in [-0.39, 0.29) is 31.1 Å². The first kappa shape index (κ1) is 31.7. The zero-order valence-corrected chi connectivity index (χ0v) is 46.2. The maximum Gasteiger partial charge on any atom is 0.180 e. The van der Waals surface area contributed by atoms with Gasteiger partial charge in [-0.15, -0.1) is 0 Å². The third-order valence-corrected chi connectivity index (χ3v) is 35.4. The lowest BCUT2D eigenvalue weighted by Gasteiger charge is -2.41. The van der Waals surface area contributed by atoms with E-state index in [9.17, 15) is 24.7 Å². The van der Waals surface area contributed by atoms with Gasteiger partial charge in [0, 0.05) is 44.3 Å². The Kier molecular flexibility index (Phi) is 8.12. The van der Waals surface area contributed by atoms with Crippen LogP contribution in [0.15, 0.2) is 274 Å². The summed E-state index contributed by atoms with van der Waals surface area (Å²) in [5.74, 6) is 0. The third kappa shape index (κ3) is 7.64. The first-order valence-corrected chi connectivity index (χ1v) is 35.9. The van der Waals surface area contributed by atoms with E-state index < -0.39 is 79.2 Å². The molecule has 2 aliphatic rings. The van der Waals surface area contributed by atoms with Crippen molar-refractivity contribution in [3.8, 4) is 0 Å². The summed E-state index contributed by atoms with van der Waals surface area (Å²) >= 11 is 2.64. The highest BCUT2D eigenvalue weighted by Crippen LogP contribution is 2.35. The van der Waals surface area contributed by atoms with Crippen LogP contribution in [0.5, 0.6) is 0 Å². The predicted molar refractivity (Wildman–Crippen MR) is 331 cm³/mol. The number of fused-ring (bicyclic) bond motifs is 4. The molecule has 7 heteroatoms. The second-order valence-corrected chi connectivity index (χ2v) is 36.4. The Morgan fingerprint density at radius 3 is 0.959 bits per heavy atom. The van der Waals surface area contributed by atoms with E-state index in [1.54, 1.807) is 109 Å². The van der Waals surface area contributed by atoms with Gasteiger partial charge in [0.15, 0.2) is 16.1 Å². The number of rotatable bonds is 10. The standard InChI is InChI=1S/C66H60S2Si5/c1-69(2,53-35-23-37-55(47-53)72(49-27-11-7-12-28-49,50-29-13-8-14-30-50)63-45-25-43-61-65(63)67-57-39-19-21-41-59(57)70(61,3)4)54-36-24-38-56(48-54)73(51-31-15-9-16-32-51,52-33-17-10-18-34-52)64-46-26-44-62-66(64)68-58-40-20-22-42-60(58)71(62,5)6/h7-48H,1-6H3/i1D3,2D3,3D3,4D3,5D3,6D3. The van der Waals surface area contributed by atoms with Gasteiger partial charge in [0.05, 0.1) is 0 Å². The molecule has 0 bridgehead atoms. The molecule has 0 spiro atoms. The molecule has 0 aromatic heterocycles. The van der Waals surface area contributed by atoms with Gasteiger partial charge in [-0.25, -0.2) is 0 Å².